The van der Waals surface area contributed by atoms with Crippen LogP contribution in [0, 0.1) is 12.8 Å². The van der Waals surface area contributed by atoms with Gasteiger partial charge >= 0.3 is 0 Å². The molecule has 1 aliphatic carbocycles. The van der Waals surface area contributed by atoms with Crippen molar-refractivity contribution in [2.75, 3.05) is 0 Å². The third-order valence-corrected chi connectivity index (χ3v) is 5.08. The Morgan fingerprint density at radius 3 is 2.67 bits per heavy atom. The average molecular weight is 345 g/mol. The molecule has 2 N–H and O–H groups in total. The molecule has 1 aliphatic rings. The second-order valence-corrected chi connectivity index (χ2v) is 6.90. The molecule has 0 radical (unpaired) electrons. The molecule has 2 aromatic rings. The van der Waals surface area contributed by atoms with Gasteiger partial charge in [-0.15, -0.1) is 0 Å². The summed E-state index contributed by atoms with van der Waals surface area (Å²) in [5.41, 5.74) is 2.62. The van der Waals surface area contributed by atoms with Crippen LogP contribution in [0.25, 0.3) is 0 Å². The number of aliphatic hydroxyl groups is 1. The summed E-state index contributed by atoms with van der Waals surface area (Å²) in [5.74, 6) is 0.195. The molecule has 126 valence electrons. The smallest absolute Gasteiger partial charge is 0.251 e. The van der Waals surface area contributed by atoms with Gasteiger partial charge in [0.2, 0.25) is 0 Å². The highest BCUT2D eigenvalue weighted by atomic mass is 35.5. The van der Waals surface area contributed by atoms with Gasteiger partial charge in [0, 0.05) is 29.0 Å². The number of rotatable bonds is 5. The van der Waals surface area contributed by atoms with Crippen LogP contribution in [-0.4, -0.2) is 28.1 Å². The lowest BCUT2D eigenvalue weighted by molar-refractivity contribution is 0.0239. The van der Waals surface area contributed by atoms with Crippen LogP contribution in [0.1, 0.15) is 34.3 Å². The van der Waals surface area contributed by atoms with E-state index in [0.717, 1.165) is 30.4 Å². The first-order chi connectivity index (χ1) is 11.5. The third kappa shape index (κ3) is 3.94. The number of carbonyl (C=O) groups is 1. The molecular weight excluding hydrogens is 324 g/mol. The molecule has 0 saturated heterocycles. The molecule has 5 heteroatoms. The highest BCUT2D eigenvalue weighted by Gasteiger charge is 2.34. The maximum absolute atomic E-state index is 12.6. The number of hydrogen-bond acceptors (Lipinski definition) is 3. The number of nitrogens with zero attached hydrogens (tertiary/aromatic N) is 1. The quantitative estimate of drug-likeness (QED) is 0.875. The first-order valence-corrected chi connectivity index (χ1v) is 8.54. The Hall–Kier alpha value is -1.91. The van der Waals surface area contributed by atoms with Gasteiger partial charge in [0.1, 0.15) is 0 Å². The third-order valence-electron chi connectivity index (χ3n) is 4.66. The fraction of sp³-hybridized carbons (Fsp3) is 0.368. The van der Waals surface area contributed by atoms with E-state index in [1.807, 2.05) is 19.1 Å². The molecular formula is C19H21ClN2O2. The zero-order valence-corrected chi connectivity index (χ0v) is 14.3. The lowest BCUT2D eigenvalue weighted by Gasteiger charge is -2.38. The van der Waals surface area contributed by atoms with Crippen molar-refractivity contribution < 1.29 is 9.90 Å². The Bertz CT molecular complexity index is 715. The summed E-state index contributed by atoms with van der Waals surface area (Å²) in [7, 11) is 0. The first kappa shape index (κ1) is 16.9. The first-order valence-electron chi connectivity index (χ1n) is 8.17. The molecule has 0 spiro atoms. The van der Waals surface area contributed by atoms with Gasteiger partial charge in [0.25, 0.3) is 5.91 Å². The molecule has 24 heavy (non-hydrogen) atoms. The van der Waals surface area contributed by atoms with Gasteiger partial charge in [0.05, 0.1) is 6.10 Å². The molecule has 0 bridgehead atoms. The summed E-state index contributed by atoms with van der Waals surface area (Å²) in [6, 6.07) is 9.21. The number of aliphatic hydroxyl groups excluding tert-OH is 1. The van der Waals surface area contributed by atoms with Crippen LogP contribution in [0.2, 0.25) is 5.02 Å². The Kier molecular flexibility index (Phi) is 5.17. The summed E-state index contributed by atoms with van der Waals surface area (Å²) in [5, 5.41) is 13.4. The molecule has 3 rings (SSSR count). The SMILES string of the molecule is Cc1cc(C(=O)NC(Cc2ccncc2)C2CC(O)C2)ccc1Cl. The lowest BCUT2D eigenvalue weighted by atomic mass is 9.75. The van der Waals surface area contributed by atoms with E-state index in [-0.39, 0.29) is 18.1 Å². The summed E-state index contributed by atoms with van der Waals surface area (Å²) < 4.78 is 0. The number of aromatic nitrogens is 1. The van der Waals surface area contributed by atoms with E-state index in [9.17, 15) is 9.90 Å². The predicted molar refractivity (Wildman–Crippen MR) is 94.1 cm³/mol. The number of pyridine rings is 1. The molecule has 1 heterocycles. The summed E-state index contributed by atoms with van der Waals surface area (Å²) in [4.78, 5) is 16.6. The van der Waals surface area contributed by atoms with Crippen LogP contribution >= 0.6 is 11.6 Å². The van der Waals surface area contributed by atoms with E-state index < -0.39 is 0 Å². The molecule has 0 aliphatic heterocycles. The molecule has 1 unspecified atom stereocenters. The zero-order valence-electron chi connectivity index (χ0n) is 13.6. The number of halogens is 1. The Morgan fingerprint density at radius 2 is 2.04 bits per heavy atom. The normalized spacial score (nSPS) is 21.0. The van der Waals surface area contributed by atoms with Crippen molar-refractivity contribution in [3.63, 3.8) is 0 Å². The Balaban J connectivity index is 1.73. The Morgan fingerprint density at radius 1 is 1.33 bits per heavy atom. The number of benzene rings is 1. The van der Waals surface area contributed by atoms with Crippen LogP contribution in [0.5, 0.6) is 0 Å². The summed E-state index contributed by atoms with van der Waals surface area (Å²) in [6.07, 6.45) is 5.46. The van der Waals surface area contributed by atoms with Gasteiger partial charge in [0.15, 0.2) is 0 Å². The Labute approximate surface area is 146 Å². The summed E-state index contributed by atoms with van der Waals surface area (Å²) >= 11 is 6.03. The van der Waals surface area contributed by atoms with Gasteiger partial charge in [-0.05, 0) is 73.6 Å². The van der Waals surface area contributed by atoms with Crippen molar-refractivity contribution in [2.45, 2.75) is 38.3 Å². The van der Waals surface area contributed by atoms with E-state index >= 15 is 0 Å². The minimum Gasteiger partial charge on any atom is -0.393 e. The number of carbonyl (C=O) groups excluding carboxylic acids is 1. The van der Waals surface area contributed by atoms with Crippen molar-refractivity contribution in [3.8, 4) is 0 Å². The van der Waals surface area contributed by atoms with Crippen molar-refractivity contribution in [2.24, 2.45) is 5.92 Å². The largest absolute Gasteiger partial charge is 0.393 e. The van der Waals surface area contributed by atoms with Crippen molar-refractivity contribution in [1.82, 2.24) is 10.3 Å². The molecule has 1 aromatic heterocycles. The highest BCUT2D eigenvalue weighted by molar-refractivity contribution is 6.31. The van der Waals surface area contributed by atoms with E-state index in [4.69, 9.17) is 11.6 Å². The zero-order chi connectivity index (χ0) is 17.1. The van der Waals surface area contributed by atoms with Crippen molar-refractivity contribution >= 4 is 17.5 Å². The standard InChI is InChI=1S/C19H21ClN2O2/c1-12-8-14(2-3-17(12)20)19(24)22-18(15-10-16(23)11-15)9-13-4-6-21-7-5-13/h2-8,15-16,18,23H,9-11H2,1H3,(H,22,24). The fourth-order valence-corrected chi connectivity index (χ4v) is 3.22. The highest BCUT2D eigenvalue weighted by Crippen LogP contribution is 2.32. The predicted octanol–water partition coefficient (Wildman–Crippen LogP) is 3.16. The lowest BCUT2D eigenvalue weighted by Crippen LogP contribution is -2.48. The van der Waals surface area contributed by atoms with E-state index in [1.165, 1.54) is 0 Å². The van der Waals surface area contributed by atoms with E-state index in [0.29, 0.717) is 16.5 Å². The van der Waals surface area contributed by atoms with Crippen molar-refractivity contribution in [1.29, 1.82) is 0 Å². The maximum atomic E-state index is 12.6. The fourth-order valence-electron chi connectivity index (χ4n) is 3.10. The second-order valence-electron chi connectivity index (χ2n) is 6.49. The minimum absolute atomic E-state index is 0.000663. The van der Waals surface area contributed by atoms with Gasteiger partial charge < -0.3 is 10.4 Å². The van der Waals surface area contributed by atoms with Crippen LogP contribution in [0.15, 0.2) is 42.7 Å². The number of nitrogens with one attached hydrogen (secondary N) is 1. The topological polar surface area (TPSA) is 62.2 Å². The van der Waals surface area contributed by atoms with Gasteiger partial charge in [-0.3, -0.25) is 9.78 Å². The number of amides is 1. The monoisotopic (exact) mass is 344 g/mol. The maximum Gasteiger partial charge on any atom is 0.251 e. The van der Waals surface area contributed by atoms with Gasteiger partial charge in [-0.25, -0.2) is 0 Å². The second kappa shape index (κ2) is 7.32. The molecule has 1 atom stereocenters. The van der Waals surface area contributed by atoms with Crippen LogP contribution in [0.3, 0.4) is 0 Å². The molecule has 1 amide bonds. The van der Waals surface area contributed by atoms with Crippen LogP contribution in [0.4, 0.5) is 0 Å². The van der Waals surface area contributed by atoms with Crippen LogP contribution < -0.4 is 5.32 Å². The number of aryl methyl sites for hydroxylation is 1. The number of hydrogen-bond donors (Lipinski definition) is 2. The van der Waals surface area contributed by atoms with Gasteiger partial charge in [-0.1, -0.05) is 11.6 Å². The molecule has 4 nitrogen and oxygen atoms in total. The molecule has 1 fully saturated rings. The van der Waals surface area contributed by atoms with Crippen molar-refractivity contribution in [3.05, 3.63) is 64.4 Å². The van der Waals surface area contributed by atoms with E-state index in [1.54, 1.807) is 30.6 Å². The average Bonchev–Trinajstić information content (AvgIpc) is 2.55. The molecule has 1 saturated carbocycles. The minimum atomic E-state index is -0.246. The molecule has 1 aromatic carbocycles. The van der Waals surface area contributed by atoms with Gasteiger partial charge in [-0.2, -0.15) is 0 Å². The van der Waals surface area contributed by atoms with E-state index in [2.05, 4.69) is 10.3 Å². The summed E-state index contributed by atoms with van der Waals surface area (Å²) in [6.45, 7) is 1.88. The van der Waals surface area contributed by atoms with Crippen LogP contribution in [-0.2, 0) is 6.42 Å².